The number of thioether (sulfide) groups is 1. The van der Waals surface area contributed by atoms with Crippen LogP contribution in [0.5, 0.6) is 0 Å². The van der Waals surface area contributed by atoms with Gasteiger partial charge >= 0.3 is 6.03 Å². The number of carbonyl (C=O) groups excluding carboxylic acids is 2. The van der Waals surface area contributed by atoms with Crippen LogP contribution in [0.2, 0.25) is 0 Å². The quantitative estimate of drug-likeness (QED) is 0.381. The summed E-state index contributed by atoms with van der Waals surface area (Å²) in [5.74, 6) is -0.0681. The molecule has 4 rings (SSSR count). The van der Waals surface area contributed by atoms with Crippen molar-refractivity contribution < 1.29 is 19.4 Å². The zero-order valence-corrected chi connectivity index (χ0v) is 21.8. The lowest BCUT2D eigenvalue weighted by Gasteiger charge is -2.31. The molecule has 1 saturated heterocycles. The molecule has 0 aliphatic carbocycles. The van der Waals surface area contributed by atoms with Gasteiger partial charge in [0.05, 0.1) is 31.9 Å². The van der Waals surface area contributed by atoms with Gasteiger partial charge in [-0.25, -0.2) is 4.79 Å². The third-order valence-corrected chi connectivity index (χ3v) is 7.58. The van der Waals surface area contributed by atoms with Gasteiger partial charge in [-0.05, 0) is 61.8 Å². The summed E-state index contributed by atoms with van der Waals surface area (Å²) in [7, 11) is 0. The average molecular weight is 513 g/mol. The molecule has 9 heteroatoms. The third-order valence-electron chi connectivity index (χ3n) is 6.77. The van der Waals surface area contributed by atoms with Gasteiger partial charge in [0.15, 0.2) is 0 Å². The van der Waals surface area contributed by atoms with Crippen molar-refractivity contribution in [3.63, 3.8) is 0 Å². The first-order valence-corrected chi connectivity index (χ1v) is 13.8. The van der Waals surface area contributed by atoms with Gasteiger partial charge in [0.1, 0.15) is 0 Å². The zero-order valence-electron chi connectivity index (χ0n) is 21.0. The Labute approximate surface area is 217 Å². The highest BCUT2D eigenvalue weighted by Crippen LogP contribution is 2.37. The molecule has 2 aromatic carbocycles. The summed E-state index contributed by atoms with van der Waals surface area (Å²) >= 11 is 1.69. The second kappa shape index (κ2) is 12.5. The van der Waals surface area contributed by atoms with Crippen molar-refractivity contribution in [3.05, 3.63) is 59.2 Å². The average Bonchev–Trinajstić information content (AvgIpc) is 3.39. The number of aliphatic hydroxyl groups is 1. The summed E-state index contributed by atoms with van der Waals surface area (Å²) in [4.78, 5) is 28.5. The van der Waals surface area contributed by atoms with E-state index < -0.39 is 0 Å². The predicted octanol–water partition coefficient (Wildman–Crippen LogP) is 3.83. The van der Waals surface area contributed by atoms with Gasteiger partial charge in [-0.15, -0.1) is 11.8 Å². The first-order valence-electron chi connectivity index (χ1n) is 12.6. The number of hydrogen-bond acceptors (Lipinski definition) is 6. The van der Waals surface area contributed by atoms with Crippen molar-refractivity contribution in [2.45, 2.75) is 55.8 Å². The minimum absolute atomic E-state index is 0.0178. The van der Waals surface area contributed by atoms with Gasteiger partial charge in [0, 0.05) is 35.3 Å². The van der Waals surface area contributed by atoms with Crippen LogP contribution in [-0.2, 0) is 16.1 Å². The first-order chi connectivity index (χ1) is 17.5. The van der Waals surface area contributed by atoms with Gasteiger partial charge in [0.25, 0.3) is 0 Å². The van der Waals surface area contributed by atoms with Crippen molar-refractivity contribution in [3.8, 4) is 0 Å². The molecule has 2 heterocycles. The number of nitrogens with one attached hydrogen (secondary N) is 3. The number of nitrogens with zero attached hydrogens (tertiary/aromatic N) is 1. The molecule has 194 valence electrons. The summed E-state index contributed by atoms with van der Waals surface area (Å²) in [5.41, 5.74) is 4.16. The number of benzene rings is 2. The highest BCUT2D eigenvalue weighted by atomic mass is 32.2. The van der Waals surface area contributed by atoms with E-state index in [9.17, 15) is 9.59 Å². The zero-order chi connectivity index (χ0) is 25.5. The number of likely N-dealkylation sites (tertiary alicyclic amines) is 1. The predicted molar refractivity (Wildman–Crippen MR) is 142 cm³/mol. The summed E-state index contributed by atoms with van der Waals surface area (Å²) < 4.78 is 5.85. The molecule has 3 atom stereocenters. The molecule has 0 aromatic heterocycles. The Morgan fingerprint density at radius 1 is 1.19 bits per heavy atom. The van der Waals surface area contributed by atoms with E-state index >= 15 is 0 Å². The van der Waals surface area contributed by atoms with E-state index in [1.807, 2.05) is 41.5 Å². The second-order valence-corrected chi connectivity index (χ2v) is 10.2. The van der Waals surface area contributed by atoms with E-state index in [2.05, 4.69) is 35.0 Å². The van der Waals surface area contributed by atoms with E-state index in [1.165, 1.54) is 10.5 Å². The molecule has 36 heavy (non-hydrogen) atoms. The fraction of sp³-hybridized carbons (Fsp3) is 0.481. The Morgan fingerprint density at radius 3 is 2.83 bits per heavy atom. The molecule has 0 unspecified atom stereocenters. The van der Waals surface area contributed by atoms with E-state index in [0.29, 0.717) is 13.1 Å². The molecule has 1 fully saturated rings. The molecule has 4 N–H and O–H groups in total. The number of rotatable bonds is 9. The van der Waals surface area contributed by atoms with Crippen LogP contribution in [0.25, 0.3) is 0 Å². The van der Waals surface area contributed by atoms with Gasteiger partial charge in [-0.1, -0.05) is 24.3 Å². The number of anilines is 1. The van der Waals surface area contributed by atoms with Crippen LogP contribution in [0.4, 0.5) is 10.5 Å². The highest BCUT2D eigenvalue weighted by molar-refractivity contribution is 7.98. The van der Waals surface area contributed by atoms with Crippen molar-refractivity contribution >= 4 is 29.4 Å². The lowest BCUT2D eigenvalue weighted by molar-refractivity contribution is -0.131. The molecule has 0 radical (unpaired) electrons. The summed E-state index contributed by atoms with van der Waals surface area (Å²) in [6.45, 7) is 3.38. The van der Waals surface area contributed by atoms with E-state index in [1.54, 1.807) is 11.8 Å². The Bertz CT molecular complexity index is 1070. The first kappa shape index (κ1) is 26.3. The number of fused-ring (bicyclic) bond motifs is 1. The Morgan fingerprint density at radius 2 is 2.03 bits per heavy atom. The number of carbonyl (C=O) groups is 2. The monoisotopic (exact) mass is 512 g/mol. The summed E-state index contributed by atoms with van der Waals surface area (Å²) in [6, 6.07) is 14.2. The van der Waals surface area contributed by atoms with Crippen LogP contribution in [0.3, 0.4) is 0 Å². The van der Waals surface area contributed by atoms with Crippen LogP contribution >= 0.6 is 11.8 Å². The number of ether oxygens (including phenoxy) is 1. The molecule has 0 saturated carbocycles. The molecule has 0 bridgehead atoms. The van der Waals surface area contributed by atoms with E-state index in [4.69, 9.17) is 9.84 Å². The van der Waals surface area contributed by atoms with Gasteiger partial charge < -0.3 is 30.7 Å². The molecule has 3 amide bonds. The van der Waals surface area contributed by atoms with Crippen LogP contribution in [0, 0.1) is 0 Å². The van der Waals surface area contributed by atoms with Crippen LogP contribution in [-0.4, -0.2) is 60.5 Å². The van der Waals surface area contributed by atoms with Crippen LogP contribution < -0.4 is 16.0 Å². The maximum atomic E-state index is 13.0. The van der Waals surface area contributed by atoms with Crippen molar-refractivity contribution in [1.29, 1.82) is 0 Å². The topological polar surface area (TPSA) is 103 Å². The Balaban J connectivity index is 1.30. The van der Waals surface area contributed by atoms with Crippen molar-refractivity contribution in [1.82, 2.24) is 15.5 Å². The molecular formula is C27H36N4O4S. The lowest BCUT2D eigenvalue weighted by Crippen LogP contribution is -2.43. The summed E-state index contributed by atoms with van der Waals surface area (Å²) in [5, 5.41) is 18.2. The van der Waals surface area contributed by atoms with Crippen molar-refractivity contribution in [2.75, 3.05) is 37.9 Å². The molecule has 0 spiro atoms. The van der Waals surface area contributed by atoms with E-state index in [-0.39, 0.29) is 49.9 Å². The van der Waals surface area contributed by atoms with Crippen molar-refractivity contribution in [2.24, 2.45) is 0 Å². The van der Waals surface area contributed by atoms with Gasteiger partial charge in [-0.2, -0.15) is 0 Å². The standard InChI is InChI=1S/C27H36N4O4S/c1-18-14-24(35-13-12-32)21-15-19(9-10-22(21)30-18)16-28-27(34)29-17-26(33)31-11-5-7-23(31)20-6-3-4-8-25(20)36-2/h3-4,6,8-10,15,18,23-24,30,32H,5,7,11-14,16-17H2,1-2H3,(H2,28,29,34)/t18-,23-,24+/m1/s1. The van der Waals surface area contributed by atoms with Crippen LogP contribution in [0.1, 0.15) is 55.0 Å². The SMILES string of the molecule is CSc1ccccc1[C@H]1CCCN1C(=O)CNC(=O)NCc1ccc2c(c1)[C@@H](OCCO)C[C@@H](C)N2. The highest BCUT2D eigenvalue weighted by Gasteiger charge is 2.31. The molecule has 2 aromatic rings. The minimum atomic E-state index is -0.374. The molecule has 2 aliphatic rings. The van der Waals surface area contributed by atoms with Gasteiger partial charge in [0.2, 0.25) is 5.91 Å². The number of amides is 3. The fourth-order valence-electron chi connectivity index (χ4n) is 5.08. The number of aliphatic hydroxyl groups excluding tert-OH is 1. The fourth-order valence-corrected chi connectivity index (χ4v) is 5.73. The third kappa shape index (κ3) is 6.32. The molecule has 2 aliphatic heterocycles. The Hall–Kier alpha value is -2.75. The lowest BCUT2D eigenvalue weighted by atomic mass is 9.94. The largest absolute Gasteiger partial charge is 0.394 e. The van der Waals surface area contributed by atoms with Gasteiger partial charge in [-0.3, -0.25) is 4.79 Å². The minimum Gasteiger partial charge on any atom is -0.394 e. The molecule has 8 nitrogen and oxygen atoms in total. The maximum Gasteiger partial charge on any atom is 0.315 e. The number of hydrogen-bond donors (Lipinski definition) is 4. The maximum absolute atomic E-state index is 13.0. The number of urea groups is 1. The van der Waals surface area contributed by atoms with Crippen LogP contribution in [0.15, 0.2) is 47.4 Å². The molecular weight excluding hydrogens is 476 g/mol. The second-order valence-electron chi connectivity index (χ2n) is 9.31. The normalized spacial score (nSPS) is 21.0. The summed E-state index contributed by atoms with van der Waals surface area (Å²) in [6.07, 6.45) is 4.66. The van der Waals surface area contributed by atoms with E-state index in [0.717, 1.165) is 36.1 Å². The smallest absolute Gasteiger partial charge is 0.315 e. The Kier molecular flexibility index (Phi) is 9.12.